The Balaban J connectivity index is 1.83. The van der Waals surface area contributed by atoms with E-state index in [1.165, 1.54) is 0 Å². The third kappa shape index (κ3) is 4.21. The molecule has 4 heteroatoms. The van der Waals surface area contributed by atoms with Crippen LogP contribution in [0.1, 0.15) is 32.8 Å². The van der Waals surface area contributed by atoms with Crippen molar-refractivity contribution in [3.8, 4) is 0 Å². The Labute approximate surface area is 127 Å². The second-order valence-corrected chi connectivity index (χ2v) is 6.71. The quantitative estimate of drug-likeness (QED) is 0.857. The second kappa shape index (κ2) is 6.48. The Morgan fingerprint density at radius 3 is 2.57 bits per heavy atom. The number of hydrogen-bond donors (Lipinski definition) is 0. The van der Waals surface area contributed by atoms with Crippen molar-refractivity contribution < 1.29 is 9.53 Å². The smallest absolute Gasteiger partial charge is 0.410 e. The molecule has 1 aromatic rings. The Kier molecular flexibility index (Phi) is 4.88. The van der Waals surface area contributed by atoms with Gasteiger partial charge in [-0.1, -0.05) is 30.3 Å². The van der Waals surface area contributed by atoms with Crippen molar-refractivity contribution in [2.24, 2.45) is 0 Å². The summed E-state index contributed by atoms with van der Waals surface area (Å²) >= 11 is 0. The summed E-state index contributed by atoms with van der Waals surface area (Å²) in [7, 11) is 1.84. The van der Waals surface area contributed by atoms with Gasteiger partial charge in [-0.05, 0) is 32.8 Å². The number of likely N-dealkylation sites (N-methyl/N-ethyl adjacent to an activating group) is 1. The summed E-state index contributed by atoms with van der Waals surface area (Å²) in [5, 5.41) is 0. The maximum Gasteiger partial charge on any atom is 0.410 e. The van der Waals surface area contributed by atoms with Gasteiger partial charge in [-0.3, -0.25) is 4.90 Å². The van der Waals surface area contributed by atoms with E-state index in [-0.39, 0.29) is 17.7 Å². The fraction of sp³-hybridized carbons (Fsp3) is 0.588. The molecular weight excluding hydrogens is 264 g/mol. The molecule has 1 fully saturated rings. The van der Waals surface area contributed by atoms with Gasteiger partial charge in [0.25, 0.3) is 0 Å². The van der Waals surface area contributed by atoms with Crippen LogP contribution in [-0.4, -0.2) is 47.6 Å². The first kappa shape index (κ1) is 15.8. The Bertz CT molecular complexity index is 467. The molecule has 0 aromatic heterocycles. The summed E-state index contributed by atoms with van der Waals surface area (Å²) in [6.45, 7) is 8.92. The Hall–Kier alpha value is -1.55. The lowest BCUT2D eigenvalue weighted by Crippen LogP contribution is -2.44. The normalized spacial score (nSPS) is 19.5. The van der Waals surface area contributed by atoms with Crippen LogP contribution in [0.4, 0.5) is 4.79 Å². The highest BCUT2D eigenvalue weighted by molar-refractivity contribution is 5.67. The Morgan fingerprint density at radius 2 is 2.00 bits per heavy atom. The molecule has 0 N–H and O–H groups in total. The molecule has 0 radical (unpaired) electrons. The SMILES string of the molecule is CN(C(=O)OCc1ccccc1)[C@@H]1CCN(C(C)(C)C)C1. The lowest BCUT2D eigenvalue weighted by atomic mass is 10.1. The van der Waals surface area contributed by atoms with E-state index in [9.17, 15) is 4.79 Å². The van der Waals surface area contributed by atoms with Crippen LogP contribution < -0.4 is 0 Å². The van der Waals surface area contributed by atoms with E-state index in [2.05, 4.69) is 25.7 Å². The van der Waals surface area contributed by atoms with Gasteiger partial charge in [-0.15, -0.1) is 0 Å². The molecule has 0 unspecified atom stereocenters. The molecule has 21 heavy (non-hydrogen) atoms. The third-order valence-electron chi connectivity index (χ3n) is 4.15. The molecule has 1 heterocycles. The number of likely N-dealkylation sites (tertiary alicyclic amines) is 1. The molecule has 0 spiro atoms. The average molecular weight is 290 g/mol. The molecule has 1 aliphatic rings. The largest absolute Gasteiger partial charge is 0.445 e. The van der Waals surface area contributed by atoms with Gasteiger partial charge < -0.3 is 9.64 Å². The molecular formula is C17H26N2O2. The van der Waals surface area contributed by atoms with Crippen LogP contribution in [0, 0.1) is 0 Å². The first-order valence-corrected chi connectivity index (χ1v) is 7.56. The van der Waals surface area contributed by atoms with Crippen molar-refractivity contribution in [2.75, 3.05) is 20.1 Å². The molecule has 4 nitrogen and oxygen atoms in total. The van der Waals surface area contributed by atoms with Crippen LogP contribution in [0.3, 0.4) is 0 Å². The minimum Gasteiger partial charge on any atom is -0.445 e. The lowest BCUT2D eigenvalue weighted by molar-refractivity contribution is 0.0878. The van der Waals surface area contributed by atoms with Crippen molar-refractivity contribution in [1.82, 2.24) is 9.80 Å². The molecule has 116 valence electrons. The fourth-order valence-electron chi connectivity index (χ4n) is 2.64. The Morgan fingerprint density at radius 1 is 1.33 bits per heavy atom. The molecule has 1 aromatic carbocycles. The summed E-state index contributed by atoms with van der Waals surface area (Å²) in [4.78, 5) is 16.3. The number of hydrogen-bond acceptors (Lipinski definition) is 3. The molecule has 0 bridgehead atoms. The average Bonchev–Trinajstić information content (AvgIpc) is 2.95. The zero-order valence-corrected chi connectivity index (χ0v) is 13.5. The maximum absolute atomic E-state index is 12.1. The van der Waals surface area contributed by atoms with Crippen LogP contribution in [0.2, 0.25) is 0 Å². The van der Waals surface area contributed by atoms with Crippen LogP contribution in [0.15, 0.2) is 30.3 Å². The fourth-order valence-corrected chi connectivity index (χ4v) is 2.64. The minimum absolute atomic E-state index is 0.156. The molecule has 1 amide bonds. The second-order valence-electron chi connectivity index (χ2n) is 6.71. The van der Waals surface area contributed by atoms with Crippen molar-refractivity contribution in [1.29, 1.82) is 0 Å². The van der Waals surface area contributed by atoms with Gasteiger partial charge in [-0.25, -0.2) is 4.79 Å². The van der Waals surface area contributed by atoms with E-state index in [0.29, 0.717) is 6.61 Å². The summed E-state index contributed by atoms with van der Waals surface area (Å²) in [6.07, 6.45) is 0.772. The standard InChI is InChI=1S/C17H26N2O2/c1-17(2,3)19-11-10-15(12-19)18(4)16(20)21-13-14-8-6-5-7-9-14/h5-9,15H,10-13H2,1-4H3/t15-/m1/s1. The lowest BCUT2D eigenvalue weighted by Gasteiger charge is -2.32. The number of rotatable bonds is 3. The van der Waals surface area contributed by atoms with Crippen LogP contribution in [0.5, 0.6) is 0 Å². The van der Waals surface area contributed by atoms with Gasteiger partial charge in [-0.2, -0.15) is 0 Å². The highest BCUT2D eigenvalue weighted by Gasteiger charge is 2.34. The molecule has 1 saturated heterocycles. The van der Waals surface area contributed by atoms with E-state index in [1.54, 1.807) is 4.90 Å². The van der Waals surface area contributed by atoms with Crippen LogP contribution >= 0.6 is 0 Å². The van der Waals surface area contributed by atoms with E-state index in [0.717, 1.165) is 25.1 Å². The number of nitrogens with zero attached hydrogens (tertiary/aromatic N) is 2. The van der Waals surface area contributed by atoms with Crippen LogP contribution in [-0.2, 0) is 11.3 Å². The molecule has 1 atom stereocenters. The first-order valence-electron chi connectivity index (χ1n) is 7.56. The number of amides is 1. The zero-order valence-electron chi connectivity index (χ0n) is 13.5. The van der Waals surface area contributed by atoms with Crippen molar-refractivity contribution >= 4 is 6.09 Å². The van der Waals surface area contributed by atoms with Gasteiger partial charge in [0.05, 0.1) is 0 Å². The van der Waals surface area contributed by atoms with Crippen molar-refractivity contribution in [3.63, 3.8) is 0 Å². The predicted octanol–water partition coefficient (Wildman–Crippen LogP) is 3.13. The monoisotopic (exact) mass is 290 g/mol. The number of carbonyl (C=O) groups excluding carboxylic acids is 1. The van der Waals surface area contributed by atoms with E-state index >= 15 is 0 Å². The third-order valence-corrected chi connectivity index (χ3v) is 4.15. The van der Waals surface area contributed by atoms with Gasteiger partial charge in [0, 0.05) is 31.7 Å². The highest BCUT2D eigenvalue weighted by atomic mass is 16.6. The van der Waals surface area contributed by atoms with Crippen LogP contribution in [0.25, 0.3) is 0 Å². The number of carbonyl (C=O) groups is 1. The predicted molar refractivity (Wildman–Crippen MR) is 84.1 cm³/mol. The summed E-state index contributed by atoms with van der Waals surface area (Å²) in [6, 6.07) is 10.0. The topological polar surface area (TPSA) is 32.8 Å². The van der Waals surface area contributed by atoms with Gasteiger partial charge in [0.1, 0.15) is 6.61 Å². The molecule has 2 rings (SSSR count). The first-order chi connectivity index (χ1) is 9.88. The van der Waals surface area contributed by atoms with E-state index in [1.807, 2.05) is 37.4 Å². The van der Waals surface area contributed by atoms with E-state index in [4.69, 9.17) is 4.74 Å². The molecule has 1 aliphatic heterocycles. The molecule has 0 aliphatic carbocycles. The highest BCUT2D eigenvalue weighted by Crippen LogP contribution is 2.23. The number of benzene rings is 1. The van der Waals surface area contributed by atoms with Gasteiger partial charge in [0.15, 0.2) is 0 Å². The number of ether oxygens (including phenoxy) is 1. The van der Waals surface area contributed by atoms with E-state index < -0.39 is 0 Å². The maximum atomic E-state index is 12.1. The summed E-state index contributed by atoms with van der Waals surface area (Å²) in [5.74, 6) is 0. The summed E-state index contributed by atoms with van der Waals surface area (Å²) < 4.78 is 5.39. The zero-order chi connectivity index (χ0) is 15.5. The van der Waals surface area contributed by atoms with Crippen molar-refractivity contribution in [3.05, 3.63) is 35.9 Å². The van der Waals surface area contributed by atoms with Crippen molar-refractivity contribution in [2.45, 2.75) is 45.4 Å². The van der Waals surface area contributed by atoms with Gasteiger partial charge >= 0.3 is 6.09 Å². The minimum atomic E-state index is -0.236. The summed E-state index contributed by atoms with van der Waals surface area (Å²) in [5.41, 5.74) is 1.17. The molecule has 0 saturated carbocycles. The van der Waals surface area contributed by atoms with Gasteiger partial charge in [0.2, 0.25) is 0 Å².